The SMILES string of the molecule is Cc1ccc(OCC(=O)N(Cc2c(Cl)cccc2Cl)[C@H](C)C(=O)NC(C)(C)C)cc1. The molecule has 2 rings (SSSR count). The molecule has 0 saturated heterocycles. The molecule has 0 aliphatic heterocycles. The summed E-state index contributed by atoms with van der Waals surface area (Å²) >= 11 is 12.6. The van der Waals surface area contributed by atoms with Gasteiger partial charge in [-0.15, -0.1) is 0 Å². The lowest BCUT2D eigenvalue weighted by atomic mass is 10.1. The molecule has 1 N–H and O–H groups in total. The number of rotatable bonds is 7. The van der Waals surface area contributed by atoms with Crippen LogP contribution in [-0.4, -0.2) is 34.9 Å². The standard InChI is InChI=1S/C23H28Cl2N2O3/c1-15-9-11-17(12-10-15)30-14-21(28)27(16(2)22(29)26-23(3,4)5)13-18-19(24)7-6-8-20(18)25/h6-12,16H,13-14H2,1-5H3,(H,26,29)/t16-/m1/s1. The number of amides is 2. The van der Waals surface area contributed by atoms with Gasteiger partial charge in [0.1, 0.15) is 11.8 Å². The zero-order valence-electron chi connectivity index (χ0n) is 18.0. The van der Waals surface area contributed by atoms with E-state index in [1.807, 2.05) is 39.8 Å². The van der Waals surface area contributed by atoms with Crippen LogP contribution < -0.4 is 10.1 Å². The second-order valence-corrected chi connectivity index (χ2v) is 9.05. The van der Waals surface area contributed by atoms with Gasteiger partial charge in [-0.1, -0.05) is 47.0 Å². The van der Waals surface area contributed by atoms with E-state index in [2.05, 4.69) is 5.32 Å². The molecule has 0 radical (unpaired) electrons. The molecule has 2 aromatic rings. The van der Waals surface area contributed by atoms with Crippen molar-refractivity contribution in [2.75, 3.05) is 6.61 Å². The van der Waals surface area contributed by atoms with E-state index in [-0.39, 0.29) is 25.0 Å². The van der Waals surface area contributed by atoms with E-state index in [0.717, 1.165) is 5.56 Å². The predicted molar refractivity (Wildman–Crippen MR) is 121 cm³/mol. The van der Waals surface area contributed by atoms with Gasteiger partial charge in [-0.25, -0.2) is 0 Å². The third kappa shape index (κ3) is 6.92. The Labute approximate surface area is 188 Å². The molecule has 0 aromatic heterocycles. The van der Waals surface area contributed by atoms with Crippen LogP contribution in [0.25, 0.3) is 0 Å². The fourth-order valence-electron chi connectivity index (χ4n) is 2.77. The Morgan fingerprint density at radius 2 is 1.63 bits per heavy atom. The molecule has 0 aliphatic rings. The van der Waals surface area contributed by atoms with Crippen LogP contribution in [0.1, 0.15) is 38.8 Å². The molecular weight excluding hydrogens is 423 g/mol. The summed E-state index contributed by atoms with van der Waals surface area (Å²) in [6.45, 7) is 9.18. The maximum absolute atomic E-state index is 13.1. The van der Waals surface area contributed by atoms with E-state index >= 15 is 0 Å². The number of carbonyl (C=O) groups excluding carboxylic acids is 2. The van der Waals surface area contributed by atoms with E-state index in [9.17, 15) is 9.59 Å². The minimum Gasteiger partial charge on any atom is -0.484 e. The molecule has 2 amide bonds. The van der Waals surface area contributed by atoms with Gasteiger partial charge in [0, 0.05) is 27.7 Å². The molecule has 7 heteroatoms. The van der Waals surface area contributed by atoms with E-state index in [4.69, 9.17) is 27.9 Å². The monoisotopic (exact) mass is 450 g/mol. The number of hydrogen-bond donors (Lipinski definition) is 1. The lowest BCUT2D eigenvalue weighted by molar-refractivity contribution is -0.142. The minimum absolute atomic E-state index is 0.0906. The van der Waals surface area contributed by atoms with Crippen LogP contribution in [0.3, 0.4) is 0 Å². The fraction of sp³-hybridized carbons (Fsp3) is 0.391. The number of nitrogens with one attached hydrogen (secondary N) is 1. The van der Waals surface area contributed by atoms with E-state index in [1.165, 1.54) is 4.90 Å². The summed E-state index contributed by atoms with van der Waals surface area (Å²) in [4.78, 5) is 27.3. The van der Waals surface area contributed by atoms with Gasteiger partial charge in [0.15, 0.2) is 6.61 Å². The number of hydrogen-bond acceptors (Lipinski definition) is 3. The van der Waals surface area contributed by atoms with Gasteiger partial charge in [-0.3, -0.25) is 9.59 Å². The van der Waals surface area contributed by atoms with Gasteiger partial charge in [0.2, 0.25) is 5.91 Å². The smallest absolute Gasteiger partial charge is 0.261 e. The van der Waals surface area contributed by atoms with E-state index in [0.29, 0.717) is 21.4 Å². The van der Waals surface area contributed by atoms with Crippen LogP contribution in [-0.2, 0) is 16.1 Å². The third-order valence-electron chi connectivity index (χ3n) is 4.44. The predicted octanol–water partition coefficient (Wildman–Crippen LogP) is 5.01. The second-order valence-electron chi connectivity index (χ2n) is 8.24. The molecule has 0 aliphatic carbocycles. The molecule has 0 fully saturated rings. The van der Waals surface area contributed by atoms with Gasteiger partial charge in [0.05, 0.1) is 0 Å². The molecule has 0 bridgehead atoms. The third-order valence-corrected chi connectivity index (χ3v) is 5.15. The number of ether oxygens (including phenoxy) is 1. The zero-order chi connectivity index (χ0) is 22.5. The van der Waals surface area contributed by atoms with Crippen molar-refractivity contribution in [2.24, 2.45) is 0 Å². The highest BCUT2D eigenvalue weighted by Crippen LogP contribution is 2.26. The van der Waals surface area contributed by atoms with Gasteiger partial charge >= 0.3 is 0 Å². The average molecular weight is 451 g/mol. The van der Waals surface area contributed by atoms with Crippen molar-refractivity contribution in [3.8, 4) is 5.75 Å². The molecule has 162 valence electrons. The summed E-state index contributed by atoms with van der Waals surface area (Å²) < 4.78 is 5.64. The van der Waals surface area contributed by atoms with Gasteiger partial charge in [0.25, 0.3) is 5.91 Å². The highest BCUT2D eigenvalue weighted by atomic mass is 35.5. The summed E-state index contributed by atoms with van der Waals surface area (Å²) in [5.74, 6) is -0.0334. The number of aryl methyl sites for hydroxylation is 1. The van der Waals surface area contributed by atoms with Gasteiger partial charge < -0.3 is 15.0 Å². The first-order valence-electron chi connectivity index (χ1n) is 9.72. The lowest BCUT2D eigenvalue weighted by Gasteiger charge is -2.31. The number of carbonyl (C=O) groups is 2. The van der Waals surface area contributed by atoms with Crippen LogP contribution in [0.5, 0.6) is 5.75 Å². The molecule has 2 aromatic carbocycles. The molecular formula is C23H28Cl2N2O3. The number of halogens is 2. The van der Waals surface area contributed by atoms with Crippen LogP contribution in [0.15, 0.2) is 42.5 Å². The van der Waals surface area contributed by atoms with Crippen molar-refractivity contribution in [1.82, 2.24) is 10.2 Å². The van der Waals surface area contributed by atoms with Crippen LogP contribution >= 0.6 is 23.2 Å². The summed E-state index contributed by atoms with van der Waals surface area (Å²) in [7, 11) is 0. The topological polar surface area (TPSA) is 58.6 Å². The highest BCUT2D eigenvalue weighted by molar-refractivity contribution is 6.36. The number of nitrogens with zero attached hydrogens (tertiary/aromatic N) is 1. The van der Waals surface area contributed by atoms with Crippen LogP contribution in [0.2, 0.25) is 10.0 Å². The Balaban J connectivity index is 2.23. The quantitative estimate of drug-likeness (QED) is 0.644. The number of benzene rings is 2. The van der Waals surface area contributed by atoms with Crippen molar-refractivity contribution in [3.05, 3.63) is 63.6 Å². The lowest BCUT2D eigenvalue weighted by Crippen LogP contribution is -2.53. The first-order chi connectivity index (χ1) is 14.0. The highest BCUT2D eigenvalue weighted by Gasteiger charge is 2.29. The van der Waals surface area contributed by atoms with Gasteiger partial charge in [-0.05, 0) is 58.9 Å². The van der Waals surface area contributed by atoms with E-state index in [1.54, 1.807) is 37.3 Å². The van der Waals surface area contributed by atoms with E-state index < -0.39 is 11.6 Å². The molecule has 0 spiro atoms. The van der Waals surface area contributed by atoms with Crippen molar-refractivity contribution < 1.29 is 14.3 Å². The summed E-state index contributed by atoms with van der Waals surface area (Å²) in [6.07, 6.45) is 0. The Bertz CT molecular complexity index is 872. The normalized spacial score (nSPS) is 12.2. The Morgan fingerprint density at radius 3 is 2.17 bits per heavy atom. The Kier molecular flexibility index (Phi) is 8.16. The summed E-state index contributed by atoms with van der Waals surface area (Å²) in [5.41, 5.74) is 1.25. The first kappa shape index (κ1) is 24.0. The summed E-state index contributed by atoms with van der Waals surface area (Å²) in [6, 6.07) is 11.8. The molecule has 1 atom stereocenters. The average Bonchev–Trinajstić information content (AvgIpc) is 2.65. The minimum atomic E-state index is -0.745. The van der Waals surface area contributed by atoms with Crippen molar-refractivity contribution in [2.45, 2.75) is 52.7 Å². The van der Waals surface area contributed by atoms with Crippen molar-refractivity contribution in [3.63, 3.8) is 0 Å². The van der Waals surface area contributed by atoms with Crippen LogP contribution in [0, 0.1) is 6.92 Å². The van der Waals surface area contributed by atoms with Crippen molar-refractivity contribution >= 4 is 35.0 Å². The zero-order valence-corrected chi connectivity index (χ0v) is 19.5. The Hall–Kier alpha value is -2.24. The second kappa shape index (κ2) is 10.2. The van der Waals surface area contributed by atoms with Gasteiger partial charge in [-0.2, -0.15) is 0 Å². The fourth-order valence-corrected chi connectivity index (χ4v) is 3.29. The molecule has 0 unspecified atom stereocenters. The molecule has 0 heterocycles. The van der Waals surface area contributed by atoms with Crippen LogP contribution in [0.4, 0.5) is 0 Å². The molecule has 30 heavy (non-hydrogen) atoms. The molecule has 0 saturated carbocycles. The molecule has 5 nitrogen and oxygen atoms in total. The maximum atomic E-state index is 13.1. The summed E-state index contributed by atoms with van der Waals surface area (Å²) in [5, 5.41) is 3.78. The maximum Gasteiger partial charge on any atom is 0.261 e. The largest absolute Gasteiger partial charge is 0.484 e. The Morgan fingerprint density at radius 1 is 1.07 bits per heavy atom. The van der Waals surface area contributed by atoms with Crippen molar-refractivity contribution in [1.29, 1.82) is 0 Å². The first-order valence-corrected chi connectivity index (χ1v) is 10.5.